The van der Waals surface area contributed by atoms with Gasteiger partial charge in [-0.25, -0.2) is 0 Å². The molecule has 1 N–H and O–H groups in total. The average Bonchev–Trinajstić information content (AvgIpc) is 2.02. The average molecular weight is 172 g/mol. The standard InChI is InChI=1S/C9H16O3/c1-3-5-8(10)6-7-9(11)12-4-2/h3,8,10H,1,4-7H2,2H3/t8-/m0/s1. The molecule has 0 aliphatic heterocycles. The highest BCUT2D eigenvalue weighted by molar-refractivity contribution is 5.69. The van der Waals surface area contributed by atoms with E-state index < -0.39 is 6.10 Å². The number of esters is 1. The molecule has 0 aliphatic rings. The Morgan fingerprint density at radius 2 is 2.42 bits per heavy atom. The lowest BCUT2D eigenvalue weighted by Gasteiger charge is -2.06. The molecule has 12 heavy (non-hydrogen) atoms. The van der Waals surface area contributed by atoms with Crippen molar-refractivity contribution in [2.45, 2.75) is 32.3 Å². The van der Waals surface area contributed by atoms with Gasteiger partial charge < -0.3 is 9.84 Å². The van der Waals surface area contributed by atoms with Gasteiger partial charge in [0.25, 0.3) is 0 Å². The summed E-state index contributed by atoms with van der Waals surface area (Å²) < 4.78 is 4.69. The molecular weight excluding hydrogens is 156 g/mol. The first-order chi connectivity index (χ1) is 5.70. The molecule has 0 radical (unpaired) electrons. The van der Waals surface area contributed by atoms with Gasteiger partial charge in [0, 0.05) is 6.42 Å². The molecule has 3 nitrogen and oxygen atoms in total. The molecule has 0 saturated carbocycles. The van der Waals surface area contributed by atoms with Crippen LogP contribution < -0.4 is 0 Å². The molecular formula is C9H16O3. The first kappa shape index (κ1) is 11.2. The van der Waals surface area contributed by atoms with E-state index in [9.17, 15) is 9.90 Å². The first-order valence-corrected chi connectivity index (χ1v) is 4.15. The smallest absolute Gasteiger partial charge is 0.305 e. The van der Waals surface area contributed by atoms with Crippen molar-refractivity contribution in [2.24, 2.45) is 0 Å². The van der Waals surface area contributed by atoms with E-state index in [4.69, 9.17) is 4.74 Å². The Labute approximate surface area is 73.0 Å². The molecule has 70 valence electrons. The molecule has 0 fully saturated rings. The molecule has 0 unspecified atom stereocenters. The zero-order valence-electron chi connectivity index (χ0n) is 7.45. The molecule has 0 aliphatic carbocycles. The molecule has 0 aromatic carbocycles. The molecule has 1 atom stereocenters. The fourth-order valence-electron chi connectivity index (χ4n) is 0.828. The zero-order valence-corrected chi connectivity index (χ0v) is 7.45. The van der Waals surface area contributed by atoms with Crippen molar-refractivity contribution in [1.29, 1.82) is 0 Å². The predicted molar refractivity (Wildman–Crippen MR) is 46.7 cm³/mol. The number of hydrogen-bond acceptors (Lipinski definition) is 3. The maximum absolute atomic E-state index is 10.8. The van der Waals surface area contributed by atoms with Crippen LogP contribution in [-0.4, -0.2) is 23.8 Å². The molecule has 3 heteroatoms. The second-order valence-electron chi connectivity index (χ2n) is 2.52. The Balaban J connectivity index is 3.39. The van der Waals surface area contributed by atoms with Crippen molar-refractivity contribution in [1.82, 2.24) is 0 Å². The van der Waals surface area contributed by atoms with Crippen LogP contribution in [-0.2, 0) is 9.53 Å². The van der Waals surface area contributed by atoms with Crippen LogP contribution in [0.4, 0.5) is 0 Å². The van der Waals surface area contributed by atoms with Gasteiger partial charge in [0.05, 0.1) is 12.7 Å². The van der Waals surface area contributed by atoms with Crippen LogP contribution in [0.25, 0.3) is 0 Å². The molecule has 0 amide bonds. The van der Waals surface area contributed by atoms with Gasteiger partial charge in [0.2, 0.25) is 0 Å². The van der Waals surface area contributed by atoms with E-state index in [0.717, 1.165) is 0 Å². The van der Waals surface area contributed by atoms with E-state index in [1.807, 2.05) is 0 Å². The number of rotatable bonds is 6. The van der Waals surface area contributed by atoms with Crippen molar-refractivity contribution in [2.75, 3.05) is 6.61 Å². The van der Waals surface area contributed by atoms with Crippen LogP contribution >= 0.6 is 0 Å². The lowest BCUT2D eigenvalue weighted by atomic mass is 10.1. The van der Waals surface area contributed by atoms with Gasteiger partial charge in [0.15, 0.2) is 0 Å². The van der Waals surface area contributed by atoms with Crippen molar-refractivity contribution in [3.05, 3.63) is 12.7 Å². The largest absolute Gasteiger partial charge is 0.466 e. The maximum Gasteiger partial charge on any atom is 0.305 e. The third-order valence-corrected chi connectivity index (χ3v) is 1.43. The predicted octanol–water partition coefficient (Wildman–Crippen LogP) is 1.27. The summed E-state index contributed by atoms with van der Waals surface area (Å²) in [5.74, 6) is -0.249. The summed E-state index contributed by atoms with van der Waals surface area (Å²) in [6.45, 7) is 5.65. The van der Waals surface area contributed by atoms with Gasteiger partial charge in [-0.1, -0.05) is 6.08 Å². The van der Waals surface area contributed by atoms with E-state index in [0.29, 0.717) is 19.4 Å². The Morgan fingerprint density at radius 3 is 2.92 bits per heavy atom. The minimum Gasteiger partial charge on any atom is -0.466 e. The fourth-order valence-corrected chi connectivity index (χ4v) is 0.828. The second-order valence-corrected chi connectivity index (χ2v) is 2.52. The number of carbonyl (C=O) groups is 1. The third kappa shape index (κ3) is 5.92. The zero-order chi connectivity index (χ0) is 9.40. The molecule has 0 spiro atoms. The van der Waals surface area contributed by atoms with Crippen molar-refractivity contribution >= 4 is 5.97 Å². The van der Waals surface area contributed by atoms with E-state index in [-0.39, 0.29) is 12.4 Å². The van der Waals surface area contributed by atoms with E-state index in [1.165, 1.54) is 0 Å². The van der Waals surface area contributed by atoms with Gasteiger partial charge in [-0.3, -0.25) is 4.79 Å². The minimum absolute atomic E-state index is 0.249. The number of aliphatic hydroxyl groups excluding tert-OH is 1. The van der Waals surface area contributed by atoms with Gasteiger partial charge in [0.1, 0.15) is 0 Å². The maximum atomic E-state index is 10.8. The van der Waals surface area contributed by atoms with E-state index in [2.05, 4.69) is 6.58 Å². The summed E-state index contributed by atoms with van der Waals surface area (Å²) in [6, 6.07) is 0. The third-order valence-electron chi connectivity index (χ3n) is 1.43. The van der Waals surface area contributed by atoms with Gasteiger partial charge in [-0.2, -0.15) is 0 Å². The number of carbonyl (C=O) groups excluding carboxylic acids is 1. The van der Waals surface area contributed by atoms with Gasteiger partial charge >= 0.3 is 5.97 Å². The van der Waals surface area contributed by atoms with Gasteiger partial charge in [-0.15, -0.1) is 6.58 Å². The molecule has 0 saturated heterocycles. The number of hydrogen-bond donors (Lipinski definition) is 1. The van der Waals surface area contributed by atoms with Crippen LogP contribution in [0.1, 0.15) is 26.2 Å². The quantitative estimate of drug-likeness (QED) is 0.484. The summed E-state index contributed by atoms with van der Waals surface area (Å²) >= 11 is 0. The van der Waals surface area contributed by atoms with Crippen LogP contribution in [0.5, 0.6) is 0 Å². The number of ether oxygens (including phenoxy) is 1. The monoisotopic (exact) mass is 172 g/mol. The Hall–Kier alpha value is -0.830. The summed E-state index contributed by atoms with van der Waals surface area (Å²) in [4.78, 5) is 10.8. The van der Waals surface area contributed by atoms with Crippen molar-refractivity contribution in [3.63, 3.8) is 0 Å². The lowest BCUT2D eigenvalue weighted by molar-refractivity contribution is -0.143. The summed E-state index contributed by atoms with van der Waals surface area (Å²) in [5, 5.41) is 9.19. The molecule has 0 heterocycles. The van der Waals surface area contributed by atoms with Crippen LogP contribution in [0.15, 0.2) is 12.7 Å². The van der Waals surface area contributed by atoms with Crippen LogP contribution in [0, 0.1) is 0 Å². The molecule has 0 aromatic heterocycles. The summed E-state index contributed by atoms with van der Waals surface area (Å²) in [7, 11) is 0. The summed E-state index contributed by atoms with van der Waals surface area (Å²) in [5.41, 5.74) is 0. The van der Waals surface area contributed by atoms with Crippen LogP contribution in [0.3, 0.4) is 0 Å². The normalized spacial score (nSPS) is 12.2. The Morgan fingerprint density at radius 1 is 1.75 bits per heavy atom. The minimum atomic E-state index is -0.466. The topological polar surface area (TPSA) is 46.5 Å². The van der Waals surface area contributed by atoms with Crippen molar-refractivity contribution < 1.29 is 14.6 Å². The lowest BCUT2D eigenvalue weighted by Crippen LogP contribution is -2.10. The SMILES string of the molecule is C=CC[C@H](O)CCC(=O)OCC. The van der Waals surface area contributed by atoms with E-state index in [1.54, 1.807) is 13.0 Å². The highest BCUT2D eigenvalue weighted by atomic mass is 16.5. The fraction of sp³-hybridized carbons (Fsp3) is 0.667. The van der Waals surface area contributed by atoms with E-state index >= 15 is 0 Å². The molecule has 0 rings (SSSR count). The second kappa shape index (κ2) is 6.85. The molecule has 0 aromatic rings. The van der Waals surface area contributed by atoms with Crippen molar-refractivity contribution in [3.8, 4) is 0 Å². The summed E-state index contributed by atoms with van der Waals surface area (Å²) in [6.07, 6.45) is 2.43. The highest BCUT2D eigenvalue weighted by Crippen LogP contribution is 2.02. The number of aliphatic hydroxyl groups is 1. The van der Waals surface area contributed by atoms with Gasteiger partial charge in [-0.05, 0) is 19.8 Å². The highest BCUT2D eigenvalue weighted by Gasteiger charge is 2.06. The first-order valence-electron chi connectivity index (χ1n) is 4.15. The Bertz CT molecular complexity index is 143. The Kier molecular flexibility index (Phi) is 6.38. The molecule has 0 bridgehead atoms. The van der Waals surface area contributed by atoms with Crippen LogP contribution in [0.2, 0.25) is 0 Å².